The zero-order valence-electron chi connectivity index (χ0n) is 16.5. The molecule has 5 aromatic carbocycles. The van der Waals surface area contributed by atoms with Crippen molar-refractivity contribution in [1.82, 2.24) is 0 Å². The Balaban J connectivity index is 1.81. The number of hydrogen-bond donors (Lipinski definition) is 2. The highest BCUT2D eigenvalue weighted by Gasteiger charge is 2.16. The Hall–Kier alpha value is -4.18. The molecule has 0 spiro atoms. The van der Waals surface area contributed by atoms with Gasteiger partial charge in [0.1, 0.15) is 17.3 Å². The van der Waals surface area contributed by atoms with E-state index in [1.54, 1.807) is 6.07 Å². The van der Waals surface area contributed by atoms with Crippen molar-refractivity contribution in [3.05, 3.63) is 102 Å². The lowest BCUT2D eigenvalue weighted by Crippen LogP contribution is -1.88. The number of hydrogen-bond acceptors (Lipinski definition) is 3. The molecule has 0 fully saturated rings. The summed E-state index contributed by atoms with van der Waals surface area (Å²) >= 11 is 0. The van der Waals surface area contributed by atoms with Crippen LogP contribution in [0.5, 0.6) is 11.5 Å². The molecule has 5 aromatic rings. The fourth-order valence-electron chi connectivity index (χ4n) is 3.92. The molecule has 0 amide bonds. The summed E-state index contributed by atoms with van der Waals surface area (Å²) in [4.78, 5) is 4.59. The first-order chi connectivity index (χ1) is 15.1. The maximum atomic E-state index is 13.6. The summed E-state index contributed by atoms with van der Waals surface area (Å²) in [5.74, 6) is -0.356. The summed E-state index contributed by atoms with van der Waals surface area (Å²) in [5.41, 5.74) is 2.35. The fourth-order valence-corrected chi connectivity index (χ4v) is 3.92. The van der Waals surface area contributed by atoms with Gasteiger partial charge in [0, 0.05) is 22.9 Å². The van der Waals surface area contributed by atoms with E-state index in [4.69, 9.17) is 0 Å². The van der Waals surface area contributed by atoms with Gasteiger partial charge in [-0.1, -0.05) is 60.7 Å². The van der Waals surface area contributed by atoms with Crippen molar-refractivity contribution in [1.29, 1.82) is 0 Å². The van der Waals surface area contributed by atoms with Gasteiger partial charge in [-0.15, -0.1) is 0 Å². The van der Waals surface area contributed by atoms with E-state index >= 15 is 0 Å². The largest absolute Gasteiger partial charge is 0.507 e. The number of halogens is 1. The van der Waals surface area contributed by atoms with E-state index in [-0.39, 0.29) is 17.1 Å². The second kappa shape index (κ2) is 7.58. The molecule has 150 valence electrons. The molecule has 0 atom stereocenters. The lowest BCUT2D eigenvalue weighted by atomic mass is 9.92. The second-order valence-electron chi connectivity index (χ2n) is 7.32. The number of nitrogens with zero attached hydrogens (tertiary/aromatic N) is 1. The van der Waals surface area contributed by atoms with E-state index in [2.05, 4.69) is 4.99 Å². The zero-order chi connectivity index (χ0) is 21.4. The Bertz CT molecular complexity index is 1470. The van der Waals surface area contributed by atoms with Crippen LogP contribution in [-0.2, 0) is 0 Å². The van der Waals surface area contributed by atoms with Gasteiger partial charge in [0.2, 0.25) is 0 Å². The maximum absolute atomic E-state index is 13.6. The molecule has 0 radical (unpaired) electrons. The molecule has 3 nitrogen and oxygen atoms in total. The highest BCUT2D eigenvalue weighted by Crippen LogP contribution is 2.44. The van der Waals surface area contributed by atoms with E-state index in [0.717, 1.165) is 27.1 Å². The molecular formula is C27H18FNO2. The molecular weight excluding hydrogens is 389 g/mol. The Morgan fingerprint density at radius 1 is 0.645 bits per heavy atom. The highest BCUT2D eigenvalue weighted by molar-refractivity contribution is 6.11. The molecule has 2 N–H and O–H groups in total. The van der Waals surface area contributed by atoms with Gasteiger partial charge in [0.05, 0.1) is 5.69 Å². The van der Waals surface area contributed by atoms with Gasteiger partial charge in [-0.2, -0.15) is 0 Å². The van der Waals surface area contributed by atoms with Crippen molar-refractivity contribution in [3.63, 3.8) is 0 Å². The highest BCUT2D eigenvalue weighted by atomic mass is 19.1. The number of phenols is 2. The topological polar surface area (TPSA) is 52.8 Å². The number of phenolic OH excluding ortho intramolecular Hbond substituents is 2. The van der Waals surface area contributed by atoms with Crippen LogP contribution in [0.15, 0.2) is 96.0 Å². The Morgan fingerprint density at radius 3 is 2.00 bits per heavy atom. The van der Waals surface area contributed by atoms with E-state index in [9.17, 15) is 14.6 Å². The van der Waals surface area contributed by atoms with Crippen LogP contribution in [0.3, 0.4) is 0 Å². The summed E-state index contributed by atoms with van der Waals surface area (Å²) < 4.78 is 13.6. The Labute approximate surface area is 178 Å². The van der Waals surface area contributed by atoms with Gasteiger partial charge in [-0.25, -0.2) is 4.39 Å². The van der Waals surface area contributed by atoms with Crippen LogP contribution in [0.1, 0.15) is 5.56 Å². The predicted molar refractivity (Wildman–Crippen MR) is 124 cm³/mol. The van der Waals surface area contributed by atoms with Gasteiger partial charge in [0.15, 0.2) is 0 Å². The third-order valence-electron chi connectivity index (χ3n) is 5.40. The summed E-state index contributed by atoms with van der Waals surface area (Å²) in [6, 6.07) is 26.9. The van der Waals surface area contributed by atoms with Crippen LogP contribution in [0.4, 0.5) is 10.1 Å². The molecule has 0 aliphatic rings. The SMILES string of the molecule is Oc1ccc(F)cc1C=Nc1ccc2ccccc2c1-c1c(O)ccc2ccccc12. The van der Waals surface area contributed by atoms with Gasteiger partial charge >= 0.3 is 0 Å². The van der Waals surface area contributed by atoms with E-state index in [1.165, 1.54) is 24.4 Å². The van der Waals surface area contributed by atoms with Gasteiger partial charge in [-0.05, 0) is 51.9 Å². The zero-order valence-corrected chi connectivity index (χ0v) is 16.5. The number of rotatable bonds is 3. The minimum atomic E-state index is -0.454. The molecule has 0 unspecified atom stereocenters. The monoisotopic (exact) mass is 407 g/mol. The normalized spacial score (nSPS) is 11.5. The Morgan fingerprint density at radius 2 is 1.26 bits per heavy atom. The molecule has 0 saturated heterocycles. The number of fused-ring (bicyclic) bond motifs is 2. The van der Waals surface area contributed by atoms with Gasteiger partial charge < -0.3 is 10.2 Å². The smallest absolute Gasteiger partial charge is 0.124 e. The molecule has 5 rings (SSSR count). The molecule has 0 aliphatic heterocycles. The van der Waals surface area contributed by atoms with Crippen LogP contribution in [0, 0.1) is 5.82 Å². The third kappa shape index (κ3) is 3.38. The average molecular weight is 407 g/mol. The third-order valence-corrected chi connectivity index (χ3v) is 5.40. The lowest BCUT2D eigenvalue weighted by molar-refractivity contribution is 0.472. The molecule has 0 bridgehead atoms. The first-order valence-corrected chi connectivity index (χ1v) is 9.87. The quantitative estimate of drug-likeness (QED) is 0.318. The average Bonchev–Trinajstić information content (AvgIpc) is 2.79. The summed E-state index contributed by atoms with van der Waals surface area (Å²) in [7, 11) is 0. The molecule has 4 heteroatoms. The van der Waals surface area contributed by atoms with Crippen molar-refractivity contribution in [2.45, 2.75) is 0 Å². The summed E-state index contributed by atoms with van der Waals surface area (Å²) in [6.45, 7) is 0. The van der Waals surface area contributed by atoms with Crippen molar-refractivity contribution < 1.29 is 14.6 Å². The maximum Gasteiger partial charge on any atom is 0.124 e. The van der Waals surface area contributed by atoms with Crippen LogP contribution >= 0.6 is 0 Å². The molecule has 0 aromatic heterocycles. The lowest BCUT2D eigenvalue weighted by Gasteiger charge is -2.15. The minimum Gasteiger partial charge on any atom is -0.507 e. The van der Waals surface area contributed by atoms with Crippen LogP contribution in [0.2, 0.25) is 0 Å². The Kier molecular flexibility index (Phi) is 4.60. The van der Waals surface area contributed by atoms with Crippen molar-refractivity contribution in [2.75, 3.05) is 0 Å². The summed E-state index contributed by atoms with van der Waals surface area (Å²) in [6.07, 6.45) is 1.44. The first kappa shape index (κ1) is 18.8. The van der Waals surface area contributed by atoms with E-state index in [1.807, 2.05) is 66.7 Å². The first-order valence-electron chi connectivity index (χ1n) is 9.87. The number of aromatic hydroxyl groups is 2. The minimum absolute atomic E-state index is 0.0551. The standard InChI is InChI=1S/C27H18FNO2/c28-20-11-14-24(30)19(15-20)16-29-23-12-9-17-5-1-3-7-21(17)26(23)27-22-8-4-2-6-18(22)10-13-25(27)31/h1-16,30-31H. The molecule has 31 heavy (non-hydrogen) atoms. The second-order valence-corrected chi connectivity index (χ2v) is 7.32. The van der Waals surface area contributed by atoms with E-state index < -0.39 is 5.82 Å². The number of aliphatic imine (C=N–C) groups is 1. The van der Waals surface area contributed by atoms with Crippen LogP contribution < -0.4 is 0 Å². The molecule has 0 aliphatic carbocycles. The van der Waals surface area contributed by atoms with Crippen molar-refractivity contribution >= 4 is 33.4 Å². The number of benzene rings is 5. The predicted octanol–water partition coefficient (Wildman–Crippen LogP) is 6.96. The summed E-state index contributed by atoms with van der Waals surface area (Å²) in [5, 5.41) is 24.8. The molecule has 0 saturated carbocycles. The van der Waals surface area contributed by atoms with Crippen molar-refractivity contribution in [2.24, 2.45) is 4.99 Å². The molecule has 0 heterocycles. The van der Waals surface area contributed by atoms with E-state index in [0.29, 0.717) is 11.3 Å². The van der Waals surface area contributed by atoms with Crippen molar-refractivity contribution in [3.8, 4) is 22.6 Å². The fraction of sp³-hybridized carbons (Fsp3) is 0. The van der Waals surface area contributed by atoms with Crippen LogP contribution in [-0.4, -0.2) is 16.4 Å². The van der Waals surface area contributed by atoms with Crippen LogP contribution in [0.25, 0.3) is 32.7 Å². The van der Waals surface area contributed by atoms with Gasteiger partial charge in [-0.3, -0.25) is 4.99 Å². The van der Waals surface area contributed by atoms with Gasteiger partial charge in [0.25, 0.3) is 0 Å².